The van der Waals surface area contributed by atoms with E-state index in [2.05, 4.69) is 27.6 Å². The molecule has 0 spiro atoms. The predicted octanol–water partition coefficient (Wildman–Crippen LogP) is 2.81. The summed E-state index contributed by atoms with van der Waals surface area (Å²) in [7, 11) is 0. The quantitative estimate of drug-likeness (QED) is 0.371. The van der Waals surface area contributed by atoms with E-state index in [4.69, 9.17) is 4.74 Å². The highest BCUT2D eigenvalue weighted by molar-refractivity contribution is 14.1. The fraction of sp³-hybridized carbons (Fsp3) is 0.222. The van der Waals surface area contributed by atoms with Gasteiger partial charge in [-0.05, 0) is 53.8 Å². The highest BCUT2D eigenvalue weighted by Gasteiger charge is 1.97. The largest absolute Gasteiger partial charge is 0.480 e. The van der Waals surface area contributed by atoms with Crippen molar-refractivity contribution < 1.29 is 9.53 Å². The molecule has 0 amide bonds. The number of isocyanates is 1. The van der Waals surface area contributed by atoms with Crippen LogP contribution in [0, 0.1) is 0 Å². The Hall–Kier alpha value is -0.870. The first kappa shape index (κ1) is 10.2. The molecule has 1 aromatic rings. The molecule has 3 nitrogen and oxygen atoms in total. The monoisotopic (exact) mass is 289 g/mol. The van der Waals surface area contributed by atoms with Crippen LogP contribution >= 0.6 is 22.6 Å². The van der Waals surface area contributed by atoms with Crippen LogP contribution in [0.1, 0.15) is 6.92 Å². The lowest BCUT2D eigenvalue weighted by Crippen LogP contribution is -2.00. The maximum atomic E-state index is 9.91. The molecule has 1 aromatic carbocycles. The molecule has 0 heterocycles. The third-order valence-corrected chi connectivity index (χ3v) is 1.56. The minimum absolute atomic E-state index is 0.123. The van der Waals surface area contributed by atoms with E-state index in [1.54, 1.807) is 24.3 Å². The molecule has 0 saturated carbocycles. The predicted molar refractivity (Wildman–Crippen MR) is 58.3 cm³/mol. The highest BCUT2D eigenvalue weighted by Crippen LogP contribution is 2.19. The first-order chi connectivity index (χ1) is 6.22. The normalized spacial score (nSPS) is 11.5. The minimum atomic E-state index is 0.123. The van der Waals surface area contributed by atoms with Gasteiger partial charge in [0.05, 0.1) is 5.69 Å². The second kappa shape index (κ2) is 4.99. The number of nitrogens with zero attached hydrogens (tertiary/aromatic N) is 1. The van der Waals surface area contributed by atoms with Crippen LogP contribution in [0.4, 0.5) is 5.69 Å². The summed E-state index contributed by atoms with van der Waals surface area (Å²) in [5.74, 6) is 0.770. The van der Waals surface area contributed by atoms with E-state index in [9.17, 15) is 4.79 Å². The van der Waals surface area contributed by atoms with Gasteiger partial charge in [-0.3, -0.25) is 0 Å². The van der Waals surface area contributed by atoms with Crippen LogP contribution in [0.25, 0.3) is 0 Å². The van der Waals surface area contributed by atoms with Gasteiger partial charge in [-0.1, -0.05) is 0 Å². The highest BCUT2D eigenvalue weighted by atomic mass is 127. The lowest BCUT2D eigenvalue weighted by molar-refractivity contribution is 0.322. The summed E-state index contributed by atoms with van der Waals surface area (Å²) in [6.07, 6.45) is 1.48. The zero-order valence-electron chi connectivity index (χ0n) is 7.03. The molecule has 0 aliphatic heterocycles. The average Bonchev–Trinajstić information content (AvgIpc) is 2.08. The first-order valence-electron chi connectivity index (χ1n) is 3.71. The van der Waals surface area contributed by atoms with Gasteiger partial charge in [-0.15, -0.1) is 0 Å². The second-order valence-electron chi connectivity index (χ2n) is 2.36. The summed E-state index contributed by atoms with van der Waals surface area (Å²) in [5.41, 5.74) is 0.587. The van der Waals surface area contributed by atoms with Gasteiger partial charge in [-0.2, -0.15) is 4.99 Å². The summed E-state index contributed by atoms with van der Waals surface area (Å²) in [6, 6.07) is 6.95. The van der Waals surface area contributed by atoms with Gasteiger partial charge in [0.15, 0.2) is 0 Å². The van der Waals surface area contributed by atoms with Gasteiger partial charge < -0.3 is 4.74 Å². The molecule has 0 aromatic heterocycles. The molecule has 1 unspecified atom stereocenters. The topological polar surface area (TPSA) is 38.7 Å². The van der Waals surface area contributed by atoms with Crippen molar-refractivity contribution in [1.29, 1.82) is 0 Å². The molecule has 68 valence electrons. The summed E-state index contributed by atoms with van der Waals surface area (Å²) in [4.78, 5) is 13.4. The second-order valence-corrected chi connectivity index (χ2v) is 4.11. The van der Waals surface area contributed by atoms with Crippen molar-refractivity contribution in [2.75, 3.05) is 0 Å². The van der Waals surface area contributed by atoms with Crippen LogP contribution in [-0.4, -0.2) is 10.2 Å². The molecule has 0 radical (unpaired) electrons. The SMILES string of the molecule is CC(I)Oc1ccc(N=C=O)cc1. The lowest BCUT2D eigenvalue weighted by Gasteiger charge is -2.07. The number of halogens is 1. The molecule has 0 bridgehead atoms. The van der Waals surface area contributed by atoms with E-state index >= 15 is 0 Å². The Morgan fingerprint density at radius 3 is 2.54 bits per heavy atom. The van der Waals surface area contributed by atoms with Gasteiger partial charge >= 0.3 is 0 Å². The maximum absolute atomic E-state index is 9.91. The van der Waals surface area contributed by atoms with Crippen molar-refractivity contribution in [3.8, 4) is 5.75 Å². The molecule has 0 N–H and O–H groups in total. The summed E-state index contributed by atoms with van der Waals surface area (Å²) in [5, 5.41) is 0. The number of carbonyl (C=O) groups excluding carboxylic acids is 1. The molecule has 4 heteroatoms. The van der Waals surface area contributed by atoms with Crippen LogP contribution in [-0.2, 0) is 4.79 Å². The van der Waals surface area contributed by atoms with Gasteiger partial charge in [-0.25, -0.2) is 4.79 Å². The van der Waals surface area contributed by atoms with Crippen LogP contribution in [0.3, 0.4) is 0 Å². The number of ether oxygens (including phenoxy) is 1. The van der Waals surface area contributed by atoms with E-state index in [1.165, 1.54) is 6.08 Å². The zero-order chi connectivity index (χ0) is 9.68. The molecule has 13 heavy (non-hydrogen) atoms. The fourth-order valence-electron chi connectivity index (χ4n) is 0.839. The maximum Gasteiger partial charge on any atom is 0.240 e. The Kier molecular flexibility index (Phi) is 3.92. The van der Waals surface area contributed by atoms with E-state index in [-0.39, 0.29) is 4.11 Å². The van der Waals surface area contributed by atoms with Crippen molar-refractivity contribution in [1.82, 2.24) is 0 Å². The molecule has 0 saturated heterocycles. The number of aliphatic imine (C=N–C) groups is 1. The van der Waals surface area contributed by atoms with Crippen LogP contribution < -0.4 is 4.74 Å². The number of hydrogen-bond acceptors (Lipinski definition) is 3. The van der Waals surface area contributed by atoms with E-state index in [1.807, 2.05) is 6.92 Å². The van der Waals surface area contributed by atoms with Crippen molar-refractivity contribution in [3.63, 3.8) is 0 Å². The van der Waals surface area contributed by atoms with E-state index in [0.717, 1.165) is 5.75 Å². The van der Waals surface area contributed by atoms with Gasteiger partial charge in [0.1, 0.15) is 9.86 Å². The Bertz CT molecular complexity index is 315. The number of rotatable bonds is 3. The number of alkyl halides is 1. The van der Waals surface area contributed by atoms with Crippen LogP contribution in [0.5, 0.6) is 5.75 Å². The van der Waals surface area contributed by atoms with Crippen molar-refractivity contribution >= 4 is 34.4 Å². The number of hydrogen-bond donors (Lipinski definition) is 0. The Morgan fingerprint density at radius 2 is 2.08 bits per heavy atom. The number of benzene rings is 1. The fourth-order valence-corrected chi connectivity index (χ4v) is 1.13. The third kappa shape index (κ3) is 3.57. The molecule has 0 fully saturated rings. The minimum Gasteiger partial charge on any atom is -0.480 e. The zero-order valence-corrected chi connectivity index (χ0v) is 9.19. The molecular weight excluding hydrogens is 281 g/mol. The first-order valence-corrected chi connectivity index (χ1v) is 4.95. The van der Waals surface area contributed by atoms with Crippen molar-refractivity contribution in [3.05, 3.63) is 24.3 Å². The smallest absolute Gasteiger partial charge is 0.240 e. The Balaban J connectivity index is 2.75. The molecule has 0 aliphatic rings. The molecule has 1 rings (SSSR count). The summed E-state index contributed by atoms with van der Waals surface area (Å²) >= 11 is 2.16. The average molecular weight is 289 g/mol. The standard InChI is InChI=1S/C9H8INO2/c1-7(10)13-9-4-2-8(3-5-9)11-6-12/h2-5,7H,1H3. The van der Waals surface area contributed by atoms with Gasteiger partial charge in [0, 0.05) is 0 Å². The van der Waals surface area contributed by atoms with Gasteiger partial charge in [0.2, 0.25) is 6.08 Å². The lowest BCUT2D eigenvalue weighted by atomic mass is 10.3. The molecular formula is C9H8INO2. The van der Waals surface area contributed by atoms with E-state index in [0.29, 0.717) is 5.69 Å². The Labute approximate surface area is 90.0 Å². The molecule has 0 aliphatic carbocycles. The van der Waals surface area contributed by atoms with Gasteiger partial charge in [0.25, 0.3) is 0 Å². The van der Waals surface area contributed by atoms with Crippen LogP contribution in [0.2, 0.25) is 0 Å². The van der Waals surface area contributed by atoms with Crippen LogP contribution in [0.15, 0.2) is 29.3 Å². The summed E-state index contributed by atoms with van der Waals surface area (Å²) < 4.78 is 5.52. The summed E-state index contributed by atoms with van der Waals surface area (Å²) in [6.45, 7) is 1.94. The third-order valence-electron chi connectivity index (χ3n) is 1.31. The van der Waals surface area contributed by atoms with E-state index < -0.39 is 0 Å². The van der Waals surface area contributed by atoms with Crippen molar-refractivity contribution in [2.45, 2.75) is 11.0 Å². The van der Waals surface area contributed by atoms with Crippen molar-refractivity contribution in [2.24, 2.45) is 4.99 Å². The Morgan fingerprint density at radius 1 is 1.46 bits per heavy atom. The molecule has 1 atom stereocenters.